The second-order valence-corrected chi connectivity index (χ2v) is 4.45. The zero-order valence-corrected chi connectivity index (χ0v) is 11.0. The van der Waals surface area contributed by atoms with Crippen LogP contribution < -0.4 is 11.1 Å². The predicted octanol–water partition coefficient (Wildman–Crippen LogP) is 0.689. The zero-order chi connectivity index (χ0) is 13.8. The Hall–Kier alpha value is -2.08. The maximum absolute atomic E-state index is 11.8. The molecule has 0 unspecified atom stereocenters. The monoisotopic (exact) mass is 263 g/mol. The molecule has 2 N–H and O–H groups in total. The number of carbonyl (C=O) groups excluding carboxylic acids is 1. The van der Waals surface area contributed by atoms with Gasteiger partial charge in [-0.1, -0.05) is 6.07 Å². The Bertz CT molecular complexity index is 629. The molecular weight excluding hydrogens is 246 g/mol. The Balaban J connectivity index is 2.08. The van der Waals surface area contributed by atoms with Crippen molar-refractivity contribution in [1.82, 2.24) is 15.2 Å². The smallest absolute Gasteiger partial charge is 0.408 e. The Kier molecular flexibility index (Phi) is 4.01. The molecular formula is C13H17N3O3. The number of amides is 1. The fourth-order valence-electron chi connectivity index (χ4n) is 1.88. The first-order valence-electron chi connectivity index (χ1n) is 6.10. The van der Waals surface area contributed by atoms with Crippen LogP contribution in [0.2, 0.25) is 0 Å². The van der Waals surface area contributed by atoms with Crippen molar-refractivity contribution in [2.24, 2.45) is 0 Å². The van der Waals surface area contributed by atoms with E-state index in [0.29, 0.717) is 30.6 Å². The molecule has 1 heterocycles. The van der Waals surface area contributed by atoms with E-state index in [0.717, 1.165) is 5.56 Å². The molecule has 0 aliphatic carbocycles. The molecule has 19 heavy (non-hydrogen) atoms. The second kappa shape index (κ2) is 5.71. The molecule has 0 atom stereocenters. The molecule has 6 heteroatoms. The average molecular weight is 263 g/mol. The largest absolute Gasteiger partial charge is 0.417 e. The van der Waals surface area contributed by atoms with Gasteiger partial charge in [-0.3, -0.25) is 9.78 Å². The molecule has 0 saturated heterocycles. The van der Waals surface area contributed by atoms with Crippen molar-refractivity contribution in [1.29, 1.82) is 0 Å². The van der Waals surface area contributed by atoms with Crippen molar-refractivity contribution < 1.29 is 9.21 Å². The zero-order valence-electron chi connectivity index (χ0n) is 11.0. The van der Waals surface area contributed by atoms with E-state index in [4.69, 9.17) is 4.42 Å². The lowest BCUT2D eigenvalue weighted by molar-refractivity contribution is -0.130. The van der Waals surface area contributed by atoms with Gasteiger partial charge in [-0.2, -0.15) is 0 Å². The summed E-state index contributed by atoms with van der Waals surface area (Å²) in [7, 11) is 3.58. The van der Waals surface area contributed by atoms with Gasteiger partial charge in [-0.05, 0) is 24.7 Å². The van der Waals surface area contributed by atoms with Gasteiger partial charge in [0.05, 0.1) is 5.52 Å². The van der Waals surface area contributed by atoms with Gasteiger partial charge in [0.2, 0.25) is 5.91 Å². The number of hydrogen-bond acceptors (Lipinski definition) is 4. The highest BCUT2D eigenvalue weighted by Gasteiger charge is 2.09. The first-order chi connectivity index (χ1) is 9.10. The minimum Gasteiger partial charge on any atom is -0.408 e. The molecule has 6 nitrogen and oxygen atoms in total. The molecule has 0 saturated carbocycles. The van der Waals surface area contributed by atoms with Crippen LogP contribution in [0.4, 0.5) is 0 Å². The Morgan fingerprint density at radius 2 is 2.26 bits per heavy atom. The normalized spacial score (nSPS) is 10.8. The third-order valence-electron chi connectivity index (χ3n) is 2.92. The van der Waals surface area contributed by atoms with Crippen LogP contribution >= 0.6 is 0 Å². The number of rotatable bonds is 5. The van der Waals surface area contributed by atoms with E-state index < -0.39 is 5.76 Å². The number of benzene rings is 1. The Labute approximate surface area is 110 Å². The number of carbonyl (C=O) groups is 1. The molecule has 0 spiro atoms. The molecule has 1 aromatic carbocycles. The molecule has 0 aliphatic heterocycles. The number of hydrogen-bond donors (Lipinski definition) is 2. The summed E-state index contributed by atoms with van der Waals surface area (Å²) in [5, 5.41) is 2.94. The quantitative estimate of drug-likeness (QED) is 0.832. The fraction of sp³-hybridized carbons (Fsp3) is 0.385. The SMILES string of the molecule is CNCCC(=O)N(C)Cc1ccc2oc(=O)[nH]c2c1. The van der Waals surface area contributed by atoms with Crippen molar-refractivity contribution >= 4 is 17.0 Å². The minimum absolute atomic E-state index is 0.0788. The number of aromatic nitrogens is 1. The van der Waals surface area contributed by atoms with Crippen LogP contribution in [0.1, 0.15) is 12.0 Å². The standard InChI is InChI=1S/C13H17N3O3/c1-14-6-5-12(17)16(2)8-9-3-4-11-10(7-9)15-13(18)19-11/h3-4,7,14H,5-6,8H2,1-2H3,(H,15,18). The number of H-pyrrole nitrogens is 1. The summed E-state index contributed by atoms with van der Waals surface area (Å²) in [5.41, 5.74) is 2.13. The van der Waals surface area contributed by atoms with Gasteiger partial charge >= 0.3 is 5.76 Å². The molecule has 0 fully saturated rings. The summed E-state index contributed by atoms with van der Waals surface area (Å²) in [6.07, 6.45) is 0.470. The van der Waals surface area contributed by atoms with Crippen molar-refractivity contribution in [3.63, 3.8) is 0 Å². The van der Waals surface area contributed by atoms with Gasteiger partial charge in [0.1, 0.15) is 0 Å². The molecule has 2 rings (SSSR count). The van der Waals surface area contributed by atoms with Crippen LogP contribution in [0.3, 0.4) is 0 Å². The highest BCUT2D eigenvalue weighted by molar-refractivity contribution is 5.76. The lowest BCUT2D eigenvalue weighted by atomic mass is 10.2. The summed E-state index contributed by atoms with van der Waals surface area (Å²) in [5.74, 6) is -0.388. The number of fused-ring (bicyclic) bond motifs is 1. The van der Waals surface area contributed by atoms with Gasteiger partial charge < -0.3 is 14.6 Å². The second-order valence-electron chi connectivity index (χ2n) is 4.45. The number of nitrogens with zero attached hydrogens (tertiary/aromatic N) is 1. The van der Waals surface area contributed by atoms with Gasteiger partial charge in [-0.25, -0.2) is 4.79 Å². The molecule has 102 valence electrons. The van der Waals surface area contributed by atoms with E-state index >= 15 is 0 Å². The number of aromatic amines is 1. The Morgan fingerprint density at radius 1 is 1.47 bits per heavy atom. The van der Waals surface area contributed by atoms with E-state index in [2.05, 4.69) is 10.3 Å². The van der Waals surface area contributed by atoms with Gasteiger partial charge in [0, 0.05) is 26.6 Å². The molecule has 1 amide bonds. The fourth-order valence-corrected chi connectivity index (χ4v) is 1.88. The molecule has 1 aromatic heterocycles. The van der Waals surface area contributed by atoms with Gasteiger partial charge in [-0.15, -0.1) is 0 Å². The van der Waals surface area contributed by atoms with Gasteiger partial charge in [0.15, 0.2) is 5.58 Å². The van der Waals surface area contributed by atoms with Crippen LogP contribution in [0.15, 0.2) is 27.4 Å². The first-order valence-corrected chi connectivity index (χ1v) is 6.10. The van der Waals surface area contributed by atoms with Gasteiger partial charge in [0.25, 0.3) is 0 Å². The highest BCUT2D eigenvalue weighted by Crippen LogP contribution is 2.13. The van der Waals surface area contributed by atoms with Crippen LogP contribution in [0, 0.1) is 0 Å². The van der Waals surface area contributed by atoms with Crippen molar-refractivity contribution in [2.75, 3.05) is 20.6 Å². The van der Waals surface area contributed by atoms with E-state index in [9.17, 15) is 9.59 Å². The topological polar surface area (TPSA) is 78.3 Å². The van der Waals surface area contributed by atoms with E-state index in [1.807, 2.05) is 19.2 Å². The first kappa shape index (κ1) is 13.4. The third kappa shape index (κ3) is 3.23. The maximum atomic E-state index is 11.8. The van der Waals surface area contributed by atoms with Crippen molar-refractivity contribution in [2.45, 2.75) is 13.0 Å². The Morgan fingerprint density at radius 3 is 3.00 bits per heavy atom. The summed E-state index contributed by atoms with van der Waals surface area (Å²) >= 11 is 0. The van der Waals surface area contributed by atoms with Crippen LogP contribution in [-0.4, -0.2) is 36.4 Å². The molecule has 0 aliphatic rings. The lowest BCUT2D eigenvalue weighted by Crippen LogP contribution is -2.28. The van der Waals surface area contributed by atoms with Crippen LogP contribution in [0.25, 0.3) is 11.1 Å². The van der Waals surface area contributed by atoms with Crippen LogP contribution in [0.5, 0.6) is 0 Å². The summed E-state index contributed by atoms with van der Waals surface area (Å²) < 4.78 is 4.93. The summed E-state index contributed by atoms with van der Waals surface area (Å²) in [6, 6.07) is 5.40. The third-order valence-corrected chi connectivity index (χ3v) is 2.92. The van der Waals surface area contributed by atoms with E-state index in [1.54, 1.807) is 18.0 Å². The van der Waals surface area contributed by atoms with E-state index in [1.165, 1.54) is 0 Å². The summed E-state index contributed by atoms with van der Waals surface area (Å²) in [4.78, 5) is 27.1. The van der Waals surface area contributed by atoms with Crippen molar-refractivity contribution in [3.8, 4) is 0 Å². The highest BCUT2D eigenvalue weighted by atomic mass is 16.4. The average Bonchev–Trinajstić information content (AvgIpc) is 2.75. The molecule has 0 radical (unpaired) electrons. The molecule has 0 bridgehead atoms. The van der Waals surface area contributed by atoms with Crippen molar-refractivity contribution in [3.05, 3.63) is 34.3 Å². The van der Waals surface area contributed by atoms with E-state index in [-0.39, 0.29) is 5.91 Å². The number of oxazole rings is 1. The van der Waals surface area contributed by atoms with Crippen LogP contribution in [-0.2, 0) is 11.3 Å². The predicted molar refractivity (Wildman–Crippen MR) is 71.9 cm³/mol. The minimum atomic E-state index is -0.467. The maximum Gasteiger partial charge on any atom is 0.417 e. The summed E-state index contributed by atoms with van der Waals surface area (Å²) in [6.45, 7) is 1.17. The lowest BCUT2D eigenvalue weighted by Gasteiger charge is -2.17. The molecule has 2 aromatic rings. The number of nitrogens with one attached hydrogen (secondary N) is 2.